The van der Waals surface area contributed by atoms with Crippen LogP contribution in [0.4, 0.5) is 0 Å². The quantitative estimate of drug-likeness (QED) is 0.0910. The highest BCUT2D eigenvalue weighted by molar-refractivity contribution is 7.27. The van der Waals surface area contributed by atoms with Gasteiger partial charge in [0.05, 0.1) is 11.0 Å². The molecule has 13 heteroatoms. The number of para-hydroxylation sites is 2. The van der Waals surface area contributed by atoms with Crippen molar-refractivity contribution >= 4 is 97.2 Å². The van der Waals surface area contributed by atoms with Gasteiger partial charge in [0.2, 0.25) is 0 Å². The number of furan rings is 2. The van der Waals surface area contributed by atoms with Gasteiger partial charge in [0.25, 0.3) is 0 Å². The summed E-state index contributed by atoms with van der Waals surface area (Å²) in [6, 6.07) is 148. The molecule has 0 aliphatic heterocycles. The lowest BCUT2D eigenvalue weighted by molar-refractivity contribution is 0.669. The molecule has 25 rings (SSSR count). The van der Waals surface area contributed by atoms with Crippen molar-refractivity contribution in [1.29, 1.82) is 0 Å². The highest BCUT2D eigenvalue weighted by Crippen LogP contribution is 2.52. The molecule has 606 valence electrons. The van der Waals surface area contributed by atoms with Gasteiger partial charge in [0.1, 0.15) is 22.3 Å². The number of benzene rings is 18. The molecule has 0 aliphatic carbocycles. The van der Waals surface area contributed by atoms with E-state index in [4.69, 9.17) is 53.7 Å². The Labute approximate surface area is 749 Å². The summed E-state index contributed by atoms with van der Waals surface area (Å²) in [7, 11) is 0. The van der Waals surface area contributed by atoms with E-state index >= 15 is 0 Å². The predicted molar refractivity (Wildman–Crippen MR) is 530 cm³/mol. The zero-order valence-electron chi connectivity index (χ0n) is 69.6. The topological polar surface area (TPSA) is 147 Å². The first-order chi connectivity index (χ1) is 64.4. The van der Waals surface area contributed by atoms with Crippen LogP contribution in [0.2, 0.25) is 0 Å². The normalized spacial score (nSPS) is 11.7. The zero-order chi connectivity index (χ0) is 85.7. The Morgan fingerprint density at radius 2 is 0.515 bits per heavy atom. The standard InChI is InChI=1S/C117H70N10O2S/c1-7-28-71(29-8-1)90-49-24-52-95-105-89(62-63-93(108(105)130-107(90)95)92-50-25-51-94-103-87(47-27-55-102(103)129-106(92)94)80-40-21-43-83(66-80)115-121-109(72-30-9-2-10-31-72)118-110(122-115)73-32-11-3-12-33-73)82-42-23-45-85(68-82)117-125-113(76-38-17-6-18-39-76)120-114(126-117)77-56-60-86(61-57-77)127-98-53-20-19-46-91(98)96-69-78(58-64-99(96)127)79-59-65-100-97(70-79)104-88(48-26-54-101(104)128-100)81-41-22-44-84(67-81)116-123-111(74-34-13-4-14-35-74)119-112(124-116)75-36-15-5-16-37-75/h1-70H. The molecule has 0 atom stereocenters. The van der Waals surface area contributed by atoms with Gasteiger partial charge in [0.15, 0.2) is 52.4 Å². The number of aromatic nitrogens is 10. The van der Waals surface area contributed by atoms with Crippen LogP contribution < -0.4 is 0 Å². The number of thiophene rings is 1. The number of nitrogens with zero attached hydrogens (tertiary/aromatic N) is 10. The first-order valence-electron chi connectivity index (χ1n) is 43.4. The number of hydrogen-bond acceptors (Lipinski definition) is 12. The van der Waals surface area contributed by atoms with E-state index in [9.17, 15) is 0 Å². The monoisotopic (exact) mass is 1680 g/mol. The molecule has 7 heterocycles. The van der Waals surface area contributed by atoms with Crippen LogP contribution in [0, 0.1) is 0 Å². The van der Waals surface area contributed by atoms with Crippen molar-refractivity contribution in [1.82, 2.24) is 49.4 Å². The van der Waals surface area contributed by atoms with Crippen LogP contribution in [0.5, 0.6) is 0 Å². The summed E-state index contributed by atoms with van der Waals surface area (Å²) in [5.41, 5.74) is 27.2. The minimum Gasteiger partial charge on any atom is -0.456 e. The molecule has 7 aromatic heterocycles. The summed E-state index contributed by atoms with van der Waals surface area (Å²) in [5.74, 6) is 5.32. The van der Waals surface area contributed by atoms with E-state index in [0.717, 1.165) is 198 Å². The molecular formula is C117H70N10O2S. The Balaban J connectivity index is 0.556. The van der Waals surface area contributed by atoms with E-state index in [1.54, 1.807) is 0 Å². The molecule has 0 saturated carbocycles. The molecule has 0 spiro atoms. The second-order valence-electron chi connectivity index (χ2n) is 32.6. The van der Waals surface area contributed by atoms with Crippen LogP contribution in [-0.2, 0) is 0 Å². The molecule has 0 aliphatic rings. The lowest BCUT2D eigenvalue weighted by Crippen LogP contribution is -2.00. The molecular weight excluding hydrogens is 1610 g/mol. The van der Waals surface area contributed by atoms with E-state index in [0.29, 0.717) is 52.4 Å². The van der Waals surface area contributed by atoms with Crippen molar-refractivity contribution in [3.05, 3.63) is 425 Å². The Bertz CT molecular complexity index is 8670. The maximum Gasteiger partial charge on any atom is 0.164 e. The van der Waals surface area contributed by atoms with Gasteiger partial charge in [0, 0.05) is 119 Å². The van der Waals surface area contributed by atoms with Crippen LogP contribution in [0.15, 0.2) is 433 Å². The molecule has 0 bridgehead atoms. The lowest BCUT2D eigenvalue weighted by Gasteiger charge is -2.13. The molecule has 25 aromatic rings. The van der Waals surface area contributed by atoms with Crippen molar-refractivity contribution in [3.63, 3.8) is 0 Å². The molecule has 0 radical (unpaired) electrons. The van der Waals surface area contributed by atoms with Crippen molar-refractivity contribution in [2.75, 3.05) is 0 Å². The maximum absolute atomic E-state index is 7.19. The smallest absolute Gasteiger partial charge is 0.164 e. The maximum atomic E-state index is 7.19. The van der Waals surface area contributed by atoms with Gasteiger partial charge in [-0.3, -0.25) is 0 Å². The summed E-state index contributed by atoms with van der Waals surface area (Å²) in [6.45, 7) is 0. The first kappa shape index (κ1) is 75.2. The number of hydrogen-bond donors (Lipinski definition) is 0. The number of rotatable bonds is 16. The predicted octanol–water partition coefficient (Wildman–Crippen LogP) is 30.5. The first-order valence-corrected chi connectivity index (χ1v) is 44.2. The molecule has 18 aromatic carbocycles. The van der Waals surface area contributed by atoms with E-state index in [1.165, 1.54) is 10.3 Å². The van der Waals surface area contributed by atoms with Crippen molar-refractivity contribution in [2.24, 2.45) is 0 Å². The third-order valence-electron chi connectivity index (χ3n) is 24.8. The molecule has 130 heavy (non-hydrogen) atoms. The lowest BCUT2D eigenvalue weighted by atomic mass is 9.92. The largest absolute Gasteiger partial charge is 0.456 e. The second kappa shape index (κ2) is 31.4. The van der Waals surface area contributed by atoms with Crippen LogP contribution >= 0.6 is 11.3 Å². The molecule has 0 saturated heterocycles. The highest BCUT2D eigenvalue weighted by atomic mass is 32.1. The van der Waals surface area contributed by atoms with Gasteiger partial charge in [-0.2, -0.15) is 0 Å². The zero-order valence-corrected chi connectivity index (χ0v) is 70.4. The molecule has 0 amide bonds. The van der Waals surface area contributed by atoms with Crippen molar-refractivity contribution < 1.29 is 8.83 Å². The van der Waals surface area contributed by atoms with Crippen molar-refractivity contribution in [3.8, 4) is 175 Å². The van der Waals surface area contributed by atoms with Gasteiger partial charge < -0.3 is 13.4 Å². The molecule has 0 fully saturated rings. The average Bonchev–Trinajstić information content (AvgIpc) is 1.56. The number of fused-ring (bicyclic) bond motifs is 12. The highest BCUT2D eigenvalue weighted by Gasteiger charge is 2.26. The van der Waals surface area contributed by atoms with Gasteiger partial charge in [-0.15, -0.1) is 11.3 Å². The van der Waals surface area contributed by atoms with Crippen LogP contribution in [0.25, 0.3) is 261 Å². The van der Waals surface area contributed by atoms with Gasteiger partial charge in [-0.05, 0) is 141 Å². The van der Waals surface area contributed by atoms with Gasteiger partial charge >= 0.3 is 0 Å². The van der Waals surface area contributed by atoms with Crippen molar-refractivity contribution in [2.45, 2.75) is 0 Å². The Kier molecular flexibility index (Phi) is 18.1. The summed E-state index contributed by atoms with van der Waals surface area (Å²) >= 11 is 1.83. The molecule has 0 unspecified atom stereocenters. The van der Waals surface area contributed by atoms with Crippen LogP contribution in [-0.4, -0.2) is 49.4 Å². The van der Waals surface area contributed by atoms with E-state index in [2.05, 4.69) is 290 Å². The van der Waals surface area contributed by atoms with Gasteiger partial charge in [-0.1, -0.05) is 340 Å². The Morgan fingerprint density at radius 3 is 1.02 bits per heavy atom. The average molecular weight is 1680 g/mol. The van der Waals surface area contributed by atoms with Crippen LogP contribution in [0.1, 0.15) is 0 Å². The minimum absolute atomic E-state index is 0.559. The molecule has 12 nitrogen and oxygen atoms in total. The fourth-order valence-corrected chi connectivity index (χ4v) is 20.0. The summed E-state index contributed by atoms with van der Waals surface area (Å²) in [5, 5.41) is 8.71. The second-order valence-corrected chi connectivity index (χ2v) is 33.6. The third kappa shape index (κ3) is 13.3. The fraction of sp³-hybridized carbons (Fsp3) is 0. The Morgan fingerprint density at radius 1 is 0.177 bits per heavy atom. The van der Waals surface area contributed by atoms with E-state index in [-0.39, 0.29) is 0 Å². The fourth-order valence-electron chi connectivity index (χ4n) is 18.6. The minimum atomic E-state index is 0.559. The van der Waals surface area contributed by atoms with Crippen LogP contribution in [0.3, 0.4) is 0 Å². The van der Waals surface area contributed by atoms with E-state index in [1.807, 2.05) is 151 Å². The van der Waals surface area contributed by atoms with E-state index < -0.39 is 0 Å². The SMILES string of the molecule is c1ccc(-c2nc(-c3ccccc3)nc(-c3cccc(-c4cccc5oc6ccc(-c7ccc8c(c7)c7ccccc7n8-c7ccc(-c8nc(-c9ccccc9)nc(-c9cccc(-c%10ccc(-c%11cccc%12c%11oc%11cccc(-c%13cccc(-c%14nc(-c%15ccccc%15)nc(-c%15ccccc%15)n%14)c%13)c%11%12)c%11sc%12c(-c%13ccccc%13)cccc%12c%10%11)c9)n8)cc7)cc6c45)c3)n2)cc1. The molecule has 0 N–H and O–H groups in total. The third-order valence-corrected chi connectivity index (χ3v) is 26.1. The summed E-state index contributed by atoms with van der Waals surface area (Å²) < 4.78 is 18.6. The Hall–Kier alpha value is -17.4. The summed E-state index contributed by atoms with van der Waals surface area (Å²) in [4.78, 5) is 46.4. The van der Waals surface area contributed by atoms with Gasteiger partial charge in [-0.25, -0.2) is 44.9 Å². The summed E-state index contributed by atoms with van der Waals surface area (Å²) in [6.07, 6.45) is 0.